The number of aryl methyl sites for hydroxylation is 1. The van der Waals surface area contributed by atoms with Crippen LogP contribution in [-0.2, 0) is 18.4 Å². The summed E-state index contributed by atoms with van der Waals surface area (Å²) in [6, 6.07) is 7.93. The van der Waals surface area contributed by atoms with Gasteiger partial charge in [-0.2, -0.15) is 5.10 Å². The molecule has 116 valence electrons. The van der Waals surface area contributed by atoms with E-state index in [1.807, 2.05) is 31.2 Å². The van der Waals surface area contributed by atoms with Crippen LogP contribution in [0.1, 0.15) is 13.8 Å². The molecule has 2 aromatic rings. The van der Waals surface area contributed by atoms with E-state index < -0.39 is 0 Å². The fourth-order valence-corrected chi connectivity index (χ4v) is 3.74. The van der Waals surface area contributed by atoms with Crippen molar-refractivity contribution >= 4 is 23.4 Å². The van der Waals surface area contributed by atoms with Crippen molar-refractivity contribution in [3.63, 3.8) is 0 Å². The van der Waals surface area contributed by atoms with Gasteiger partial charge in [-0.1, -0.05) is 19.1 Å². The Labute approximate surface area is 132 Å². The van der Waals surface area contributed by atoms with Crippen LogP contribution in [0.15, 0.2) is 40.3 Å². The van der Waals surface area contributed by atoms with E-state index in [1.165, 1.54) is 15.6 Å². The van der Waals surface area contributed by atoms with Crippen molar-refractivity contribution in [2.24, 2.45) is 7.05 Å². The van der Waals surface area contributed by atoms with Crippen molar-refractivity contribution in [2.45, 2.75) is 36.6 Å². The van der Waals surface area contributed by atoms with Crippen LogP contribution in [0.25, 0.3) is 0 Å². The molecule has 22 heavy (non-hydrogen) atoms. The summed E-state index contributed by atoms with van der Waals surface area (Å²) in [5, 5.41) is 4.26. The first-order chi connectivity index (χ1) is 10.5. The second-order valence-corrected chi connectivity index (χ2v) is 6.90. The highest BCUT2D eigenvalue weighted by atomic mass is 32.2. The average molecular weight is 318 g/mol. The Bertz CT molecular complexity index is 767. The summed E-state index contributed by atoms with van der Waals surface area (Å²) in [7, 11) is 1.62. The van der Waals surface area contributed by atoms with Crippen LogP contribution in [0.2, 0.25) is 0 Å². The van der Waals surface area contributed by atoms with Crippen molar-refractivity contribution < 1.29 is 4.79 Å². The second-order valence-electron chi connectivity index (χ2n) is 5.48. The van der Waals surface area contributed by atoms with Gasteiger partial charge in [-0.05, 0) is 19.1 Å². The Hall–Kier alpha value is -2.02. The predicted molar refractivity (Wildman–Crippen MR) is 86.2 cm³/mol. The van der Waals surface area contributed by atoms with Gasteiger partial charge in [0.2, 0.25) is 5.91 Å². The summed E-state index contributed by atoms with van der Waals surface area (Å²) < 4.78 is 2.56. The third-order valence-corrected chi connectivity index (χ3v) is 5.33. The van der Waals surface area contributed by atoms with Crippen molar-refractivity contribution in [1.82, 2.24) is 14.3 Å². The van der Waals surface area contributed by atoms with Gasteiger partial charge in [0.15, 0.2) is 0 Å². The first-order valence-corrected chi connectivity index (χ1v) is 8.03. The Kier molecular flexibility index (Phi) is 3.82. The topological polar surface area (TPSA) is 60.1 Å². The van der Waals surface area contributed by atoms with Gasteiger partial charge >= 0.3 is 5.69 Å². The molecule has 0 N–H and O–H groups in total. The highest BCUT2D eigenvalue weighted by Crippen LogP contribution is 2.41. The van der Waals surface area contributed by atoms with Crippen molar-refractivity contribution in [2.75, 3.05) is 4.90 Å². The number of benzene rings is 1. The molecule has 3 rings (SSSR count). The minimum Gasteiger partial charge on any atom is -0.306 e. The number of anilines is 1. The number of nitrogens with zero attached hydrogens (tertiary/aromatic N) is 4. The smallest absolute Gasteiger partial charge is 0.306 e. The highest BCUT2D eigenvalue weighted by Gasteiger charge is 2.33. The zero-order chi connectivity index (χ0) is 15.9. The Morgan fingerprint density at radius 3 is 2.73 bits per heavy atom. The minimum atomic E-state index is -0.284. The molecule has 0 radical (unpaired) electrons. The first-order valence-electron chi connectivity index (χ1n) is 7.15. The molecule has 0 fully saturated rings. The summed E-state index contributed by atoms with van der Waals surface area (Å²) in [5.74, 6) is -0.118. The van der Waals surface area contributed by atoms with Crippen LogP contribution in [-0.4, -0.2) is 31.5 Å². The predicted octanol–water partition coefficient (Wildman–Crippen LogP) is 1.50. The molecular formula is C15H18N4O2S. The normalized spacial score (nSPS) is 20.8. The van der Waals surface area contributed by atoms with Gasteiger partial charge in [-0.3, -0.25) is 9.36 Å². The molecule has 0 saturated carbocycles. The number of fused-ring (bicyclic) bond motifs is 1. The maximum absolute atomic E-state index is 12.8. The van der Waals surface area contributed by atoms with Gasteiger partial charge in [0, 0.05) is 23.2 Å². The van der Waals surface area contributed by atoms with Crippen LogP contribution in [0.4, 0.5) is 5.69 Å². The quantitative estimate of drug-likeness (QED) is 0.842. The van der Waals surface area contributed by atoms with E-state index in [0.717, 1.165) is 10.6 Å². The molecule has 2 atom stereocenters. The maximum Gasteiger partial charge on any atom is 0.345 e. The number of aromatic nitrogens is 3. The number of thioether (sulfide) groups is 1. The van der Waals surface area contributed by atoms with Crippen molar-refractivity contribution in [3.8, 4) is 0 Å². The number of amides is 1. The minimum absolute atomic E-state index is 0.0459. The molecule has 1 aromatic carbocycles. The molecule has 1 aromatic heterocycles. The number of hydrogen-bond donors (Lipinski definition) is 0. The van der Waals surface area contributed by atoms with Gasteiger partial charge in [-0.25, -0.2) is 9.48 Å². The molecule has 0 spiro atoms. The summed E-state index contributed by atoms with van der Waals surface area (Å²) in [6.45, 7) is 4.10. The van der Waals surface area contributed by atoms with E-state index in [2.05, 4.69) is 12.0 Å². The summed E-state index contributed by atoms with van der Waals surface area (Å²) >= 11 is 1.77. The van der Waals surface area contributed by atoms with E-state index in [1.54, 1.807) is 23.7 Å². The van der Waals surface area contributed by atoms with Gasteiger partial charge in [0.1, 0.15) is 12.9 Å². The van der Waals surface area contributed by atoms with Crippen LogP contribution >= 0.6 is 11.8 Å². The molecule has 6 nitrogen and oxygen atoms in total. The summed E-state index contributed by atoms with van der Waals surface area (Å²) in [6.07, 6.45) is 1.42. The first kappa shape index (κ1) is 14.9. The van der Waals surface area contributed by atoms with Crippen LogP contribution in [0.5, 0.6) is 0 Å². The Morgan fingerprint density at radius 2 is 2.05 bits per heavy atom. The molecular weight excluding hydrogens is 300 g/mol. The van der Waals surface area contributed by atoms with Crippen molar-refractivity contribution in [1.29, 1.82) is 0 Å². The highest BCUT2D eigenvalue weighted by molar-refractivity contribution is 8.00. The lowest BCUT2D eigenvalue weighted by molar-refractivity contribution is -0.119. The zero-order valence-corrected chi connectivity index (χ0v) is 13.6. The molecule has 7 heteroatoms. The Morgan fingerprint density at radius 1 is 1.32 bits per heavy atom. The Balaban J connectivity index is 1.94. The molecule has 2 heterocycles. The SMILES string of the molecule is CC1Sc2ccccc2N(C(=O)Cn2ncn(C)c2=O)C1C. The average Bonchev–Trinajstić information content (AvgIpc) is 2.80. The molecule has 0 saturated heterocycles. The number of carbonyl (C=O) groups excluding carboxylic acids is 1. The molecule has 0 aliphatic carbocycles. The number of carbonyl (C=O) groups is 1. The largest absolute Gasteiger partial charge is 0.345 e. The fraction of sp³-hybridized carbons (Fsp3) is 0.400. The lowest BCUT2D eigenvalue weighted by Gasteiger charge is -2.38. The third kappa shape index (κ3) is 2.45. The lowest BCUT2D eigenvalue weighted by Crippen LogP contribution is -2.48. The number of para-hydroxylation sites is 1. The second kappa shape index (κ2) is 5.64. The van der Waals surface area contributed by atoms with Gasteiger partial charge in [0.25, 0.3) is 0 Å². The molecule has 1 amide bonds. The summed E-state index contributed by atoms with van der Waals surface area (Å²) in [5.41, 5.74) is 0.626. The third-order valence-electron chi connectivity index (χ3n) is 3.96. The van der Waals surface area contributed by atoms with Gasteiger partial charge in [-0.15, -0.1) is 11.8 Å². The molecule has 1 aliphatic rings. The fourth-order valence-electron chi connectivity index (χ4n) is 2.58. The lowest BCUT2D eigenvalue weighted by atomic mass is 10.1. The molecule has 0 bridgehead atoms. The number of hydrogen-bond acceptors (Lipinski definition) is 4. The van der Waals surface area contributed by atoms with Crippen molar-refractivity contribution in [3.05, 3.63) is 41.1 Å². The monoisotopic (exact) mass is 318 g/mol. The zero-order valence-electron chi connectivity index (χ0n) is 12.8. The van der Waals surface area contributed by atoms with Crippen LogP contribution in [0.3, 0.4) is 0 Å². The van der Waals surface area contributed by atoms with Gasteiger partial charge < -0.3 is 4.90 Å². The van der Waals surface area contributed by atoms with E-state index in [9.17, 15) is 9.59 Å². The van der Waals surface area contributed by atoms with E-state index in [0.29, 0.717) is 5.25 Å². The van der Waals surface area contributed by atoms with Crippen LogP contribution in [0, 0.1) is 0 Å². The standard InChI is InChI=1S/C15H18N4O2S/c1-10-11(2)22-13-7-5-4-6-12(13)19(10)14(20)8-18-15(21)17(3)9-16-18/h4-7,9-11H,8H2,1-3H3. The van der Waals surface area contributed by atoms with Crippen LogP contribution < -0.4 is 10.6 Å². The summed E-state index contributed by atoms with van der Waals surface area (Å²) in [4.78, 5) is 27.5. The number of rotatable bonds is 2. The van der Waals surface area contributed by atoms with E-state index in [-0.39, 0.29) is 24.2 Å². The maximum atomic E-state index is 12.8. The van der Waals surface area contributed by atoms with E-state index in [4.69, 9.17) is 0 Å². The van der Waals surface area contributed by atoms with E-state index >= 15 is 0 Å². The van der Waals surface area contributed by atoms with Gasteiger partial charge in [0.05, 0.1) is 5.69 Å². The molecule has 1 aliphatic heterocycles. The molecule has 2 unspecified atom stereocenters.